The number of morpholine rings is 1. The highest BCUT2D eigenvalue weighted by Crippen LogP contribution is 2.32. The Morgan fingerprint density at radius 2 is 2.03 bits per heavy atom. The SMILES string of the molecule is Cc1cccc(/C=N/Nc2nc3c(c(N4CCOCC4)n2)CN(C(=O)C2(N)COC2)C3)c1. The summed E-state index contributed by atoms with van der Waals surface area (Å²) in [4.78, 5) is 26.3. The lowest BCUT2D eigenvalue weighted by atomic mass is 9.97. The number of hydrazone groups is 1. The number of nitrogens with two attached hydrogens (primary N) is 1. The molecule has 10 nitrogen and oxygen atoms in total. The maximum atomic E-state index is 12.9. The molecule has 0 bridgehead atoms. The highest BCUT2D eigenvalue weighted by molar-refractivity contribution is 5.88. The summed E-state index contributed by atoms with van der Waals surface area (Å²) in [6.45, 7) is 6.11. The second kappa shape index (κ2) is 8.45. The van der Waals surface area contributed by atoms with E-state index in [0.717, 1.165) is 41.3 Å². The number of fused-ring (bicyclic) bond motifs is 1. The molecule has 1 aromatic heterocycles. The highest BCUT2D eigenvalue weighted by Gasteiger charge is 2.46. The quantitative estimate of drug-likeness (QED) is 0.517. The molecule has 0 atom stereocenters. The van der Waals surface area contributed by atoms with Crippen molar-refractivity contribution in [2.75, 3.05) is 49.8 Å². The third kappa shape index (κ3) is 4.04. The van der Waals surface area contributed by atoms with Gasteiger partial charge in [-0.3, -0.25) is 4.79 Å². The Labute approximate surface area is 186 Å². The Kier molecular flexibility index (Phi) is 5.50. The van der Waals surface area contributed by atoms with Gasteiger partial charge in [-0.15, -0.1) is 0 Å². The van der Waals surface area contributed by atoms with Gasteiger partial charge in [-0.25, -0.2) is 10.4 Å². The molecule has 5 rings (SSSR count). The molecule has 1 aromatic carbocycles. The Bertz CT molecular complexity index is 1050. The number of aromatic nitrogens is 2. The smallest absolute Gasteiger partial charge is 0.248 e. The van der Waals surface area contributed by atoms with Crippen LogP contribution < -0.4 is 16.1 Å². The van der Waals surface area contributed by atoms with Crippen LogP contribution in [0.25, 0.3) is 0 Å². The van der Waals surface area contributed by atoms with Gasteiger partial charge in [-0.2, -0.15) is 10.1 Å². The van der Waals surface area contributed by atoms with Crippen LogP contribution in [0.1, 0.15) is 22.4 Å². The van der Waals surface area contributed by atoms with E-state index in [4.69, 9.17) is 20.2 Å². The van der Waals surface area contributed by atoms with Crippen LogP contribution in [0.4, 0.5) is 11.8 Å². The Morgan fingerprint density at radius 3 is 2.75 bits per heavy atom. The first-order valence-electron chi connectivity index (χ1n) is 10.8. The van der Waals surface area contributed by atoms with Gasteiger partial charge >= 0.3 is 0 Å². The van der Waals surface area contributed by atoms with Crippen LogP contribution >= 0.6 is 0 Å². The third-order valence-corrected chi connectivity index (χ3v) is 5.92. The number of carbonyl (C=O) groups is 1. The molecular formula is C22H27N7O3. The summed E-state index contributed by atoms with van der Waals surface area (Å²) in [5.41, 5.74) is 12.1. The van der Waals surface area contributed by atoms with Crippen molar-refractivity contribution in [1.82, 2.24) is 14.9 Å². The maximum absolute atomic E-state index is 12.9. The van der Waals surface area contributed by atoms with Crippen molar-refractivity contribution in [1.29, 1.82) is 0 Å². The molecule has 3 N–H and O–H groups in total. The van der Waals surface area contributed by atoms with Crippen molar-refractivity contribution in [3.05, 3.63) is 46.6 Å². The summed E-state index contributed by atoms with van der Waals surface area (Å²) in [6, 6.07) is 8.06. The van der Waals surface area contributed by atoms with Crippen molar-refractivity contribution < 1.29 is 14.3 Å². The second-order valence-corrected chi connectivity index (χ2v) is 8.49. The maximum Gasteiger partial charge on any atom is 0.248 e. The number of anilines is 2. The van der Waals surface area contributed by atoms with Gasteiger partial charge < -0.3 is 25.0 Å². The molecule has 1 amide bonds. The molecule has 2 aromatic rings. The average molecular weight is 438 g/mol. The Balaban J connectivity index is 1.40. The fourth-order valence-electron chi connectivity index (χ4n) is 4.14. The number of benzene rings is 1. The van der Waals surface area contributed by atoms with Gasteiger partial charge in [0.15, 0.2) is 0 Å². The van der Waals surface area contributed by atoms with Gasteiger partial charge in [-0.05, 0) is 12.5 Å². The monoisotopic (exact) mass is 437 g/mol. The summed E-state index contributed by atoms with van der Waals surface area (Å²) >= 11 is 0. The zero-order chi connectivity index (χ0) is 22.1. The summed E-state index contributed by atoms with van der Waals surface area (Å²) in [5, 5.41) is 4.32. The summed E-state index contributed by atoms with van der Waals surface area (Å²) in [6.07, 6.45) is 1.74. The number of ether oxygens (including phenoxy) is 2. The molecule has 32 heavy (non-hydrogen) atoms. The van der Waals surface area contributed by atoms with Crippen molar-refractivity contribution in [3.63, 3.8) is 0 Å². The van der Waals surface area contributed by atoms with E-state index in [1.54, 1.807) is 11.1 Å². The van der Waals surface area contributed by atoms with E-state index in [1.165, 1.54) is 0 Å². The van der Waals surface area contributed by atoms with Crippen LogP contribution in [0, 0.1) is 6.92 Å². The highest BCUT2D eigenvalue weighted by atomic mass is 16.5. The predicted octanol–water partition coefficient (Wildman–Crippen LogP) is 0.638. The minimum atomic E-state index is -0.937. The lowest BCUT2D eigenvalue weighted by molar-refractivity contribution is -0.155. The van der Waals surface area contributed by atoms with E-state index in [2.05, 4.69) is 20.4 Å². The lowest BCUT2D eigenvalue weighted by Gasteiger charge is -2.38. The molecule has 0 aliphatic carbocycles. The minimum absolute atomic E-state index is 0.110. The van der Waals surface area contributed by atoms with Gasteiger partial charge in [0, 0.05) is 18.7 Å². The fourth-order valence-corrected chi connectivity index (χ4v) is 4.14. The van der Waals surface area contributed by atoms with Gasteiger partial charge in [0.25, 0.3) is 0 Å². The van der Waals surface area contributed by atoms with Gasteiger partial charge in [0.05, 0.1) is 51.4 Å². The van der Waals surface area contributed by atoms with Gasteiger partial charge in [-0.1, -0.05) is 29.8 Å². The summed E-state index contributed by atoms with van der Waals surface area (Å²) in [7, 11) is 0. The van der Waals surface area contributed by atoms with E-state index in [1.807, 2.05) is 31.2 Å². The fraction of sp³-hybridized carbons (Fsp3) is 0.455. The topological polar surface area (TPSA) is 118 Å². The average Bonchev–Trinajstić information content (AvgIpc) is 3.21. The molecule has 3 aliphatic heterocycles. The Hall–Kier alpha value is -3.08. The molecule has 2 saturated heterocycles. The van der Waals surface area contributed by atoms with Crippen LogP contribution in [0.15, 0.2) is 29.4 Å². The van der Waals surface area contributed by atoms with Crippen molar-refractivity contribution in [2.24, 2.45) is 10.8 Å². The number of amides is 1. The molecule has 2 fully saturated rings. The first-order valence-corrected chi connectivity index (χ1v) is 10.8. The molecule has 0 spiro atoms. The van der Waals surface area contributed by atoms with E-state index < -0.39 is 5.54 Å². The number of hydrogen-bond donors (Lipinski definition) is 2. The minimum Gasteiger partial charge on any atom is -0.378 e. The number of nitrogens with one attached hydrogen (secondary N) is 1. The third-order valence-electron chi connectivity index (χ3n) is 5.92. The zero-order valence-electron chi connectivity index (χ0n) is 18.1. The van der Waals surface area contributed by atoms with Crippen LogP contribution in [0.3, 0.4) is 0 Å². The number of nitrogens with zero attached hydrogens (tertiary/aromatic N) is 5. The molecule has 168 valence electrons. The second-order valence-electron chi connectivity index (χ2n) is 8.49. The number of carbonyl (C=O) groups excluding carboxylic acids is 1. The van der Waals surface area contributed by atoms with Crippen molar-refractivity contribution in [3.8, 4) is 0 Å². The molecule has 0 saturated carbocycles. The first kappa shape index (κ1) is 20.8. The predicted molar refractivity (Wildman–Crippen MR) is 119 cm³/mol. The van der Waals surface area contributed by atoms with Crippen LogP contribution in [-0.2, 0) is 27.4 Å². The number of aryl methyl sites for hydroxylation is 1. The molecular weight excluding hydrogens is 410 g/mol. The molecule has 4 heterocycles. The number of hydrogen-bond acceptors (Lipinski definition) is 9. The summed E-state index contributed by atoms with van der Waals surface area (Å²) in [5.74, 6) is 1.11. The largest absolute Gasteiger partial charge is 0.378 e. The van der Waals surface area contributed by atoms with Crippen molar-refractivity contribution in [2.45, 2.75) is 25.6 Å². The van der Waals surface area contributed by atoms with Gasteiger partial charge in [0.2, 0.25) is 11.9 Å². The molecule has 0 radical (unpaired) electrons. The summed E-state index contributed by atoms with van der Waals surface area (Å²) < 4.78 is 10.7. The van der Waals surface area contributed by atoms with Gasteiger partial charge in [0.1, 0.15) is 11.4 Å². The zero-order valence-corrected chi connectivity index (χ0v) is 18.1. The van der Waals surface area contributed by atoms with E-state index in [-0.39, 0.29) is 19.1 Å². The first-order chi connectivity index (χ1) is 15.5. The molecule has 0 unspecified atom stereocenters. The van der Waals surface area contributed by atoms with E-state index in [0.29, 0.717) is 32.3 Å². The van der Waals surface area contributed by atoms with Crippen LogP contribution in [-0.4, -0.2) is 72.0 Å². The van der Waals surface area contributed by atoms with Crippen LogP contribution in [0.5, 0.6) is 0 Å². The van der Waals surface area contributed by atoms with E-state index >= 15 is 0 Å². The van der Waals surface area contributed by atoms with E-state index in [9.17, 15) is 4.79 Å². The number of rotatable bonds is 5. The van der Waals surface area contributed by atoms with Crippen molar-refractivity contribution >= 4 is 23.9 Å². The Morgan fingerprint density at radius 1 is 1.22 bits per heavy atom. The molecule has 3 aliphatic rings. The lowest BCUT2D eigenvalue weighted by Crippen LogP contribution is -2.66. The standard InChI is InChI=1S/C22H27N7O3/c1-15-3-2-4-16(9-15)10-24-27-21-25-18-12-29(20(30)22(23)13-32-14-22)11-17(18)19(26-21)28-5-7-31-8-6-28/h2-4,9-10H,5-8,11-14,23H2,1H3,(H,25,26,27)/b24-10+. The van der Waals surface area contributed by atoms with Crippen LogP contribution in [0.2, 0.25) is 0 Å². The molecule has 10 heteroatoms. The normalized spacial score (nSPS) is 19.7.